The molecule has 3 rings (SSSR count). The van der Waals surface area contributed by atoms with E-state index in [0.29, 0.717) is 10.0 Å². The van der Waals surface area contributed by atoms with Crippen LogP contribution in [0.25, 0.3) is 0 Å². The quantitative estimate of drug-likeness (QED) is 0.508. The maximum absolute atomic E-state index is 12.6. The van der Waals surface area contributed by atoms with Crippen molar-refractivity contribution >= 4 is 40.7 Å². The summed E-state index contributed by atoms with van der Waals surface area (Å²) in [6.07, 6.45) is 3.40. The van der Waals surface area contributed by atoms with Crippen LogP contribution >= 0.6 is 35.0 Å². The zero-order valence-corrected chi connectivity index (χ0v) is 14.6. The number of thioether (sulfide) groups is 1. The predicted octanol–water partition coefficient (Wildman–Crippen LogP) is 5.85. The van der Waals surface area contributed by atoms with Gasteiger partial charge in [-0.2, -0.15) is 0 Å². The van der Waals surface area contributed by atoms with Gasteiger partial charge in [0.1, 0.15) is 0 Å². The van der Waals surface area contributed by atoms with Gasteiger partial charge in [-0.15, -0.1) is 11.8 Å². The van der Waals surface area contributed by atoms with Crippen LogP contribution in [0.2, 0.25) is 10.0 Å². The number of halogens is 2. The van der Waals surface area contributed by atoms with E-state index in [0.717, 1.165) is 23.3 Å². The summed E-state index contributed by atoms with van der Waals surface area (Å²) < 4.78 is 0. The largest absolute Gasteiger partial charge is 0.293 e. The van der Waals surface area contributed by atoms with E-state index < -0.39 is 0 Å². The van der Waals surface area contributed by atoms with E-state index in [1.54, 1.807) is 18.2 Å². The van der Waals surface area contributed by atoms with Crippen molar-refractivity contribution < 1.29 is 4.79 Å². The molecule has 0 bridgehead atoms. The Morgan fingerprint density at radius 3 is 2.68 bits per heavy atom. The third kappa shape index (κ3) is 3.34. The van der Waals surface area contributed by atoms with Gasteiger partial charge in [0.2, 0.25) is 0 Å². The fourth-order valence-corrected chi connectivity index (χ4v) is 4.26. The van der Waals surface area contributed by atoms with Crippen LogP contribution in [0.15, 0.2) is 41.3 Å². The number of aryl methyl sites for hydroxylation is 2. The molecule has 0 saturated heterocycles. The summed E-state index contributed by atoms with van der Waals surface area (Å²) in [5, 5.41) is 1.06. The molecule has 1 aliphatic rings. The molecule has 1 aliphatic carbocycles. The third-order valence-corrected chi connectivity index (χ3v) is 5.79. The summed E-state index contributed by atoms with van der Waals surface area (Å²) >= 11 is 13.6. The summed E-state index contributed by atoms with van der Waals surface area (Å²) in [4.78, 5) is 13.5. The first-order chi connectivity index (χ1) is 10.5. The zero-order valence-electron chi connectivity index (χ0n) is 12.2. The second-order valence-electron chi connectivity index (χ2n) is 5.54. The highest BCUT2D eigenvalue weighted by molar-refractivity contribution is 8.00. The lowest BCUT2D eigenvalue weighted by Gasteiger charge is -2.12. The number of ketones is 1. The average molecular weight is 351 g/mol. The minimum absolute atomic E-state index is 0.135. The summed E-state index contributed by atoms with van der Waals surface area (Å²) in [6, 6.07) is 11.4. The maximum Gasteiger partial charge on any atom is 0.175 e. The van der Waals surface area contributed by atoms with Gasteiger partial charge in [-0.3, -0.25) is 4.79 Å². The molecule has 0 spiro atoms. The van der Waals surface area contributed by atoms with E-state index in [4.69, 9.17) is 23.2 Å². The van der Waals surface area contributed by atoms with Gasteiger partial charge in [-0.1, -0.05) is 35.3 Å². The molecule has 1 atom stereocenters. The smallest absolute Gasteiger partial charge is 0.175 e. The molecule has 0 heterocycles. The normalized spacial score (nSPS) is 14.7. The molecule has 0 aromatic heterocycles. The summed E-state index contributed by atoms with van der Waals surface area (Å²) in [5.74, 6) is 0.135. The predicted molar refractivity (Wildman–Crippen MR) is 94.6 cm³/mol. The minimum atomic E-state index is -0.199. The fourth-order valence-electron chi connectivity index (χ4n) is 2.77. The van der Waals surface area contributed by atoms with Crippen molar-refractivity contribution in [3.63, 3.8) is 0 Å². The molecular formula is C18H16Cl2OS. The minimum Gasteiger partial charge on any atom is -0.293 e. The van der Waals surface area contributed by atoms with E-state index in [1.807, 2.05) is 13.0 Å². The van der Waals surface area contributed by atoms with Crippen LogP contribution < -0.4 is 0 Å². The van der Waals surface area contributed by atoms with Crippen LogP contribution in [0.3, 0.4) is 0 Å². The fraction of sp³-hybridized carbons (Fsp3) is 0.278. The van der Waals surface area contributed by atoms with Gasteiger partial charge in [-0.05, 0) is 61.6 Å². The molecule has 4 heteroatoms. The van der Waals surface area contributed by atoms with E-state index in [2.05, 4.69) is 12.1 Å². The average Bonchev–Trinajstić information content (AvgIpc) is 2.97. The maximum atomic E-state index is 12.6. The molecule has 0 saturated carbocycles. The first-order valence-electron chi connectivity index (χ1n) is 7.32. The second kappa shape index (κ2) is 6.66. The standard InChI is InChI=1S/C18H16Cl2OS/c1-11(22-17-10-15(19)7-8-16(17)20)18(21)14-6-5-12-3-2-4-13(12)9-14/h5-11H,2-4H2,1H3/t11-/m1/s1. The second-order valence-corrected chi connectivity index (χ2v) is 7.76. The number of hydrogen-bond donors (Lipinski definition) is 0. The Bertz CT molecular complexity index is 727. The van der Waals surface area contributed by atoms with Gasteiger partial charge in [0.15, 0.2) is 5.78 Å². The third-order valence-electron chi connectivity index (χ3n) is 3.95. The topological polar surface area (TPSA) is 17.1 Å². The van der Waals surface area contributed by atoms with Crippen molar-refractivity contribution in [2.45, 2.75) is 36.3 Å². The first-order valence-corrected chi connectivity index (χ1v) is 8.96. The van der Waals surface area contributed by atoms with E-state index in [9.17, 15) is 4.79 Å². The van der Waals surface area contributed by atoms with E-state index in [1.165, 1.54) is 29.3 Å². The van der Waals surface area contributed by atoms with Gasteiger partial charge in [0.25, 0.3) is 0 Å². The number of fused-ring (bicyclic) bond motifs is 1. The molecule has 2 aromatic carbocycles. The molecule has 114 valence electrons. The molecule has 1 nitrogen and oxygen atoms in total. The van der Waals surface area contributed by atoms with Crippen LogP contribution in [-0.4, -0.2) is 11.0 Å². The van der Waals surface area contributed by atoms with Crippen molar-refractivity contribution in [3.05, 3.63) is 63.1 Å². The number of carbonyl (C=O) groups is 1. The van der Waals surface area contributed by atoms with Gasteiger partial charge in [-0.25, -0.2) is 0 Å². The van der Waals surface area contributed by atoms with Crippen molar-refractivity contribution in [1.29, 1.82) is 0 Å². The van der Waals surface area contributed by atoms with Crippen LogP contribution in [0.4, 0.5) is 0 Å². The van der Waals surface area contributed by atoms with E-state index in [-0.39, 0.29) is 11.0 Å². The van der Waals surface area contributed by atoms with Gasteiger partial charge < -0.3 is 0 Å². The van der Waals surface area contributed by atoms with Crippen molar-refractivity contribution in [2.75, 3.05) is 0 Å². The number of hydrogen-bond acceptors (Lipinski definition) is 2. The molecule has 2 aromatic rings. The summed E-state index contributed by atoms with van der Waals surface area (Å²) in [6.45, 7) is 1.91. The number of Topliss-reactive ketones (excluding diaryl/α,β-unsaturated/α-hetero) is 1. The monoisotopic (exact) mass is 350 g/mol. The molecule has 0 N–H and O–H groups in total. The summed E-state index contributed by atoms with van der Waals surface area (Å²) in [5.41, 5.74) is 3.50. The first kappa shape index (κ1) is 15.9. The Morgan fingerprint density at radius 2 is 1.86 bits per heavy atom. The van der Waals surface area contributed by atoms with E-state index >= 15 is 0 Å². The summed E-state index contributed by atoms with van der Waals surface area (Å²) in [7, 11) is 0. The Hall–Kier alpha value is -0.960. The van der Waals surface area contributed by atoms with Crippen LogP contribution in [0.1, 0.15) is 34.8 Å². The van der Waals surface area contributed by atoms with Crippen LogP contribution in [-0.2, 0) is 12.8 Å². The Labute approximate surface area is 145 Å². The highest BCUT2D eigenvalue weighted by Crippen LogP contribution is 2.34. The highest BCUT2D eigenvalue weighted by Gasteiger charge is 2.20. The molecule has 0 amide bonds. The lowest BCUT2D eigenvalue weighted by molar-refractivity contribution is 0.0994. The number of carbonyl (C=O) groups excluding carboxylic acids is 1. The molecule has 0 unspecified atom stereocenters. The lowest BCUT2D eigenvalue weighted by atomic mass is 10.0. The van der Waals surface area contributed by atoms with Crippen molar-refractivity contribution in [2.24, 2.45) is 0 Å². The highest BCUT2D eigenvalue weighted by atomic mass is 35.5. The molecule has 0 fully saturated rings. The number of benzene rings is 2. The Morgan fingerprint density at radius 1 is 1.09 bits per heavy atom. The van der Waals surface area contributed by atoms with Crippen LogP contribution in [0, 0.1) is 0 Å². The molecule has 0 aliphatic heterocycles. The van der Waals surface area contributed by atoms with Crippen LogP contribution in [0.5, 0.6) is 0 Å². The zero-order chi connectivity index (χ0) is 15.7. The Balaban J connectivity index is 1.78. The van der Waals surface area contributed by atoms with Gasteiger partial charge in [0, 0.05) is 15.5 Å². The van der Waals surface area contributed by atoms with Crippen molar-refractivity contribution in [1.82, 2.24) is 0 Å². The Kier molecular flexibility index (Phi) is 4.82. The van der Waals surface area contributed by atoms with Gasteiger partial charge >= 0.3 is 0 Å². The molecule has 0 radical (unpaired) electrons. The van der Waals surface area contributed by atoms with Crippen molar-refractivity contribution in [3.8, 4) is 0 Å². The SMILES string of the molecule is C[C@@H](Sc1cc(Cl)ccc1Cl)C(=O)c1ccc2c(c1)CCC2. The molecule has 22 heavy (non-hydrogen) atoms. The number of rotatable bonds is 4. The van der Waals surface area contributed by atoms with Gasteiger partial charge in [0.05, 0.1) is 10.3 Å². The molecular weight excluding hydrogens is 335 g/mol. The lowest BCUT2D eigenvalue weighted by Crippen LogP contribution is -2.13.